The number of rotatable bonds is 1. The van der Waals surface area contributed by atoms with Crippen molar-refractivity contribution >= 4 is 0 Å². The van der Waals surface area contributed by atoms with Crippen molar-refractivity contribution < 1.29 is 0 Å². The number of nitrogens with zero attached hydrogens (tertiary/aromatic N) is 2. The first kappa shape index (κ1) is 9.28. The van der Waals surface area contributed by atoms with E-state index in [0.29, 0.717) is 0 Å². The van der Waals surface area contributed by atoms with Crippen LogP contribution in [0.3, 0.4) is 0 Å². The van der Waals surface area contributed by atoms with Crippen LogP contribution in [0.2, 0.25) is 0 Å². The van der Waals surface area contributed by atoms with Crippen molar-refractivity contribution in [1.29, 1.82) is 0 Å². The largest absolute Gasteiger partial charge is 0.312 e. The van der Waals surface area contributed by atoms with E-state index < -0.39 is 0 Å². The van der Waals surface area contributed by atoms with E-state index in [2.05, 4.69) is 15.3 Å². The molecule has 15 heavy (non-hydrogen) atoms. The summed E-state index contributed by atoms with van der Waals surface area (Å²) in [4.78, 5) is 9.22. The molecule has 1 fully saturated rings. The van der Waals surface area contributed by atoms with Gasteiger partial charge in [-0.2, -0.15) is 0 Å². The van der Waals surface area contributed by atoms with E-state index in [1.54, 1.807) is 0 Å². The fourth-order valence-corrected chi connectivity index (χ4v) is 2.52. The van der Waals surface area contributed by atoms with E-state index in [1.807, 2.05) is 6.92 Å². The fraction of sp³-hybridized carbons (Fsp3) is 0.667. The zero-order valence-electron chi connectivity index (χ0n) is 9.21. The Balaban J connectivity index is 2.06. The van der Waals surface area contributed by atoms with Crippen molar-refractivity contribution in [3.05, 3.63) is 22.8 Å². The minimum absolute atomic E-state index is 0.723. The molecule has 3 heteroatoms. The average Bonchev–Trinajstić information content (AvgIpc) is 2.14. The molecule has 0 atom stereocenters. The predicted octanol–water partition coefficient (Wildman–Crippen LogP) is 1.70. The fourth-order valence-electron chi connectivity index (χ4n) is 2.52. The summed E-state index contributed by atoms with van der Waals surface area (Å²) in [7, 11) is 0. The number of aryl methyl sites for hydroxylation is 1. The molecule has 80 valence electrons. The van der Waals surface area contributed by atoms with E-state index in [4.69, 9.17) is 0 Å². The molecule has 0 spiro atoms. The summed E-state index contributed by atoms with van der Waals surface area (Å²) in [6.07, 6.45) is 5.08. The van der Waals surface area contributed by atoms with Crippen LogP contribution in [0.4, 0.5) is 0 Å². The van der Waals surface area contributed by atoms with Crippen molar-refractivity contribution in [3.63, 3.8) is 0 Å². The first-order chi connectivity index (χ1) is 7.34. The van der Waals surface area contributed by atoms with Gasteiger partial charge in [0.05, 0.1) is 11.4 Å². The quantitative estimate of drug-likeness (QED) is 0.755. The Hall–Kier alpha value is -0.960. The molecule has 2 heterocycles. The molecule has 0 saturated heterocycles. The first-order valence-electron chi connectivity index (χ1n) is 5.91. The van der Waals surface area contributed by atoms with Crippen LogP contribution in [0, 0.1) is 6.92 Å². The Morgan fingerprint density at radius 3 is 2.87 bits per heavy atom. The molecule has 1 saturated carbocycles. The molecule has 0 amide bonds. The minimum Gasteiger partial charge on any atom is -0.312 e. The van der Waals surface area contributed by atoms with E-state index >= 15 is 0 Å². The Labute approximate surface area is 90.3 Å². The highest BCUT2D eigenvalue weighted by atomic mass is 14.9. The van der Waals surface area contributed by atoms with E-state index in [1.165, 1.54) is 36.2 Å². The first-order valence-corrected chi connectivity index (χ1v) is 5.91. The third kappa shape index (κ3) is 1.55. The summed E-state index contributed by atoms with van der Waals surface area (Å²) < 4.78 is 0. The van der Waals surface area contributed by atoms with Gasteiger partial charge in [-0.1, -0.05) is 6.42 Å². The SMILES string of the molecule is Cc1nc2c(c(C3CCC3)n1)CNCC2. The van der Waals surface area contributed by atoms with Crippen LogP contribution >= 0.6 is 0 Å². The summed E-state index contributed by atoms with van der Waals surface area (Å²) in [5.41, 5.74) is 4.04. The molecule has 1 N–H and O–H groups in total. The van der Waals surface area contributed by atoms with Crippen molar-refractivity contribution in [2.24, 2.45) is 0 Å². The standard InChI is InChI=1S/C12H17N3/c1-8-14-11-5-6-13-7-10(11)12(15-8)9-3-2-4-9/h9,13H,2-7H2,1H3. The van der Waals surface area contributed by atoms with Crippen LogP contribution in [0.25, 0.3) is 0 Å². The molecular weight excluding hydrogens is 186 g/mol. The lowest BCUT2D eigenvalue weighted by Crippen LogP contribution is -2.28. The van der Waals surface area contributed by atoms with Gasteiger partial charge in [-0.05, 0) is 19.8 Å². The number of hydrogen-bond donors (Lipinski definition) is 1. The number of hydrogen-bond acceptors (Lipinski definition) is 3. The Kier molecular flexibility index (Phi) is 2.20. The molecule has 3 rings (SSSR count). The van der Waals surface area contributed by atoms with Gasteiger partial charge in [-0.3, -0.25) is 0 Å². The second-order valence-corrected chi connectivity index (χ2v) is 4.64. The summed E-state index contributed by atoms with van der Waals surface area (Å²) in [6.45, 7) is 4.06. The molecule has 1 aliphatic carbocycles. The molecule has 0 bridgehead atoms. The smallest absolute Gasteiger partial charge is 0.125 e. The molecule has 1 aromatic heterocycles. The number of aromatic nitrogens is 2. The highest BCUT2D eigenvalue weighted by Gasteiger charge is 2.26. The lowest BCUT2D eigenvalue weighted by atomic mass is 9.80. The molecule has 2 aliphatic rings. The Morgan fingerprint density at radius 1 is 1.27 bits per heavy atom. The molecule has 3 nitrogen and oxygen atoms in total. The molecule has 1 aromatic rings. The van der Waals surface area contributed by atoms with Gasteiger partial charge in [-0.15, -0.1) is 0 Å². The van der Waals surface area contributed by atoms with Crippen LogP contribution in [-0.4, -0.2) is 16.5 Å². The van der Waals surface area contributed by atoms with Gasteiger partial charge in [0.25, 0.3) is 0 Å². The van der Waals surface area contributed by atoms with Crippen LogP contribution in [-0.2, 0) is 13.0 Å². The van der Waals surface area contributed by atoms with Crippen molar-refractivity contribution in [2.75, 3.05) is 6.54 Å². The Morgan fingerprint density at radius 2 is 2.13 bits per heavy atom. The summed E-state index contributed by atoms with van der Waals surface area (Å²) in [5, 5.41) is 3.42. The molecule has 0 unspecified atom stereocenters. The van der Waals surface area contributed by atoms with Crippen LogP contribution in [0.5, 0.6) is 0 Å². The third-order valence-corrected chi connectivity index (χ3v) is 3.57. The van der Waals surface area contributed by atoms with Crippen LogP contribution in [0.15, 0.2) is 0 Å². The van der Waals surface area contributed by atoms with Crippen LogP contribution < -0.4 is 5.32 Å². The monoisotopic (exact) mass is 203 g/mol. The van der Waals surface area contributed by atoms with Gasteiger partial charge in [0.15, 0.2) is 0 Å². The Bertz CT molecular complexity index is 383. The topological polar surface area (TPSA) is 37.8 Å². The molecule has 0 aromatic carbocycles. The van der Waals surface area contributed by atoms with Gasteiger partial charge in [-0.25, -0.2) is 9.97 Å². The van der Waals surface area contributed by atoms with Crippen molar-refractivity contribution in [2.45, 2.75) is 45.1 Å². The lowest BCUT2D eigenvalue weighted by Gasteiger charge is -2.29. The normalized spacial score (nSPS) is 20.9. The highest BCUT2D eigenvalue weighted by molar-refractivity contribution is 5.31. The second-order valence-electron chi connectivity index (χ2n) is 4.64. The molecule has 0 radical (unpaired) electrons. The van der Waals surface area contributed by atoms with E-state index in [9.17, 15) is 0 Å². The van der Waals surface area contributed by atoms with Gasteiger partial charge >= 0.3 is 0 Å². The van der Waals surface area contributed by atoms with Crippen molar-refractivity contribution in [1.82, 2.24) is 15.3 Å². The highest BCUT2D eigenvalue weighted by Crippen LogP contribution is 2.37. The van der Waals surface area contributed by atoms with E-state index in [0.717, 1.165) is 31.3 Å². The zero-order chi connectivity index (χ0) is 10.3. The van der Waals surface area contributed by atoms with Gasteiger partial charge in [0.1, 0.15) is 5.82 Å². The maximum absolute atomic E-state index is 4.66. The lowest BCUT2D eigenvalue weighted by molar-refractivity contribution is 0.403. The second kappa shape index (κ2) is 3.56. The summed E-state index contributed by atoms with van der Waals surface area (Å²) >= 11 is 0. The van der Waals surface area contributed by atoms with Gasteiger partial charge in [0, 0.05) is 31.0 Å². The maximum atomic E-state index is 4.66. The zero-order valence-corrected chi connectivity index (χ0v) is 9.21. The van der Waals surface area contributed by atoms with Crippen molar-refractivity contribution in [3.8, 4) is 0 Å². The minimum atomic E-state index is 0.723. The molecular formula is C12H17N3. The maximum Gasteiger partial charge on any atom is 0.125 e. The average molecular weight is 203 g/mol. The third-order valence-electron chi connectivity index (χ3n) is 3.57. The predicted molar refractivity (Wildman–Crippen MR) is 58.8 cm³/mol. The number of fused-ring (bicyclic) bond motifs is 1. The summed E-state index contributed by atoms with van der Waals surface area (Å²) in [5.74, 6) is 1.68. The molecule has 1 aliphatic heterocycles. The summed E-state index contributed by atoms with van der Waals surface area (Å²) in [6, 6.07) is 0. The van der Waals surface area contributed by atoms with Gasteiger partial charge in [0.2, 0.25) is 0 Å². The van der Waals surface area contributed by atoms with E-state index in [-0.39, 0.29) is 0 Å². The van der Waals surface area contributed by atoms with Gasteiger partial charge < -0.3 is 5.32 Å². The number of nitrogens with one attached hydrogen (secondary N) is 1. The van der Waals surface area contributed by atoms with Crippen LogP contribution in [0.1, 0.15) is 48.0 Å².